The lowest BCUT2D eigenvalue weighted by molar-refractivity contribution is 0.00769. The molecule has 1 aliphatic heterocycles. The highest BCUT2D eigenvalue weighted by molar-refractivity contribution is 5.68. The second-order valence-electron chi connectivity index (χ2n) is 6.59. The lowest BCUT2D eigenvalue weighted by Gasteiger charge is -2.34. The van der Waals surface area contributed by atoms with Gasteiger partial charge in [0.25, 0.3) is 0 Å². The number of carbonyl (C=O) groups is 1. The first-order valence-corrected chi connectivity index (χ1v) is 7.72. The Morgan fingerprint density at radius 1 is 1.45 bits per heavy atom. The molecular weight excluding hydrogens is 286 g/mol. The Kier molecular flexibility index (Phi) is 5.70. The van der Waals surface area contributed by atoms with Gasteiger partial charge in [-0.2, -0.15) is 5.21 Å². The maximum Gasteiger partial charge on any atom is 0.410 e. The molecule has 1 aliphatic rings. The van der Waals surface area contributed by atoms with Crippen molar-refractivity contribution in [1.29, 1.82) is 0 Å². The second-order valence-corrected chi connectivity index (χ2v) is 6.59. The molecule has 0 aromatic carbocycles. The summed E-state index contributed by atoms with van der Waals surface area (Å²) in [6.07, 6.45) is 2.46. The Hall–Kier alpha value is -1.70. The molecule has 2 rings (SSSR count). The van der Waals surface area contributed by atoms with Crippen molar-refractivity contribution in [2.45, 2.75) is 45.6 Å². The fourth-order valence-corrected chi connectivity index (χ4v) is 2.40. The molecule has 1 aromatic rings. The molecule has 1 N–H and O–H groups in total. The smallest absolute Gasteiger partial charge is 0.410 e. The van der Waals surface area contributed by atoms with Gasteiger partial charge in [0, 0.05) is 25.4 Å². The third kappa shape index (κ3) is 5.59. The number of piperidine rings is 1. The van der Waals surface area contributed by atoms with Crippen LogP contribution in [0.25, 0.3) is 0 Å². The molecule has 1 aromatic heterocycles. The molecule has 0 saturated carbocycles. The van der Waals surface area contributed by atoms with Crippen molar-refractivity contribution in [3.63, 3.8) is 0 Å². The van der Waals surface area contributed by atoms with Crippen LogP contribution in [0.1, 0.15) is 39.4 Å². The largest absolute Gasteiger partial charge is 0.444 e. The van der Waals surface area contributed by atoms with E-state index in [2.05, 4.69) is 20.6 Å². The number of H-pyrrole nitrogens is 1. The zero-order chi connectivity index (χ0) is 16.0. The minimum absolute atomic E-state index is 0.232. The van der Waals surface area contributed by atoms with Gasteiger partial charge in [-0.05, 0) is 33.6 Å². The van der Waals surface area contributed by atoms with Gasteiger partial charge in [-0.3, -0.25) is 0 Å². The van der Waals surface area contributed by atoms with Crippen LogP contribution in [0.15, 0.2) is 0 Å². The van der Waals surface area contributed by atoms with E-state index in [-0.39, 0.29) is 6.09 Å². The van der Waals surface area contributed by atoms with Crippen LogP contribution >= 0.6 is 0 Å². The maximum atomic E-state index is 12.1. The summed E-state index contributed by atoms with van der Waals surface area (Å²) in [6.45, 7) is 8.29. The molecule has 124 valence electrons. The third-order valence-corrected chi connectivity index (χ3v) is 3.38. The number of carbonyl (C=O) groups excluding carboxylic acids is 1. The Bertz CT molecular complexity index is 458. The lowest BCUT2D eigenvalue weighted by atomic mass is 9.99. The minimum Gasteiger partial charge on any atom is -0.444 e. The van der Waals surface area contributed by atoms with Crippen LogP contribution in [0.3, 0.4) is 0 Å². The number of likely N-dealkylation sites (tertiary alicyclic amines) is 1. The molecule has 1 atom stereocenters. The molecular formula is C14H25N5O3. The van der Waals surface area contributed by atoms with Crippen molar-refractivity contribution in [1.82, 2.24) is 25.5 Å². The van der Waals surface area contributed by atoms with Gasteiger partial charge in [0.2, 0.25) is 0 Å². The van der Waals surface area contributed by atoms with Gasteiger partial charge in [0.15, 0.2) is 5.82 Å². The Morgan fingerprint density at radius 2 is 2.27 bits per heavy atom. The zero-order valence-electron chi connectivity index (χ0n) is 13.5. The van der Waals surface area contributed by atoms with Crippen LogP contribution < -0.4 is 0 Å². The van der Waals surface area contributed by atoms with Crippen LogP contribution in [0, 0.1) is 5.92 Å². The molecule has 8 nitrogen and oxygen atoms in total. The molecule has 0 spiro atoms. The molecule has 22 heavy (non-hydrogen) atoms. The average Bonchev–Trinajstić information content (AvgIpc) is 2.95. The van der Waals surface area contributed by atoms with Gasteiger partial charge >= 0.3 is 6.09 Å². The molecule has 8 heteroatoms. The molecule has 2 heterocycles. The molecule has 0 radical (unpaired) electrons. The van der Waals surface area contributed by atoms with E-state index in [1.807, 2.05) is 20.8 Å². The molecule has 0 bridgehead atoms. The number of hydrogen-bond donors (Lipinski definition) is 1. The summed E-state index contributed by atoms with van der Waals surface area (Å²) in [5.41, 5.74) is -0.453. The number of aromatic nitrogens is 4. The molecule has 1 saturated heterocycles. The van der Waals surface area contributed by atoms with Crippen molar-refractivity contribution in [2.24, 2.45) is 5.92 Å². The van der Waals surface area contributed by atoms with Gasteiger partial charge < -0.3 is 14.4 Å². The van der Waals surface area contributed by atoms with Crippen molar-refractivity contribution in [3.05, 3.63) is 5.82 Å². The van der Waals surface area contributed by atoms with E-state index in [4.69, 9.17) is 9.47 Å². The second kappa shape index (κ2) is 7.53. The number of nitrogens with one attached hydrogen (secondary N) is 1. The topological polar surface area (TPSA) is 93.2 Å². The number of hydrogen-bond acceptors (Lipinski definition) is 6. The van der Waals surface area contributed by atoms with E-state index in [1.165, 1.54) is 0 Å². The SMILES string of the molecule is CC(C)(C)OC(=O)N1CCC[C@H](COCCc2nn[nH]n2)C1. The first-order valence-electron chi connectivity index (χ1n) is 7.72. The van der Waals surface area contributed by atoms with E-state index in [0.29, 0.717) is 37.9 Å². The summed E-state index contributed by atoms with van der Waals surface area (Å²) in [6, 6.07) is 0. The van der Waals surface area contributed by atoms with Gasteiger partial charge in [-0.25, -0.2) is 4.79 Å². The van der Waals surface area contributed by atoms with Crippen LogP contribution in [-0.2, 0) is 15.9 Å². The molecule has 1 fully saturated rings. The monoisotopic (exact) mass is 311 g/mol. The number of tetrazole rings is 1. The van der Waals surface area contributed by atoms with E-state index in [9.17, 15) is 4.79 Å². The zero-order valence-corrected chi connectivity index (χ0v) is 13.5. The lowest BCUT2D eigenvalue weighted by Crippen LogP contribution is -2.43. The van der Waals surface area contributed by atoms with Gasteiger partial charge in [-0.1, -0.05) is 5.21 Å². The third-order valence-electron chi connectivity index (χ3n) is 3.38. The number of aromatic amines is 1. The van der Waals surface area contributed by atoms with Gasteiger partial charge in [-0.15, -0.1) is 10.2 Å². The van der Waals surface area contributed by atoms with Crippen LogP contribution in [0.5, 0.6) is 0 Å². The van der Waals surface area contributed by atoms with Crippen molar-refractivity contribution < 1.29 is 14.3 Å². The summed E-state index contributed by atoms with van der Waals surface area (Å²) >= 11 is 0. The Morgan fingerprint density at radius 3 is 2.95 bits per heavy atom. The van der Waals surface area contributed by atoms with Crippen LogP contribution in [-0.4, -0.2) is 63.5 Å². The van der Waals surface area contributed by atoms with Crippen molar-refractivity contribution >= 4 is 6.09 Å². The summed E-state index contributed by atoms with van der Waals surface area (Å²) in [5, 5.41) is 13.7. The predicted octanol–water partition coefficient (Wildman–Crippen LogP) is 1.41. The van der Waals surface area contributed by atoms with Crippen molar-refractivity contribution in [2.75, 3.05) is 26.3 Å². The molecule has 1 amide bonds. The van der Waals surface area contributed by atoms with E-state index in [0.717, 1.165) is 19.4 Å². The average molecular weight is 311 g/mol. The highest BCUT2D eigenvalue weighted by atomic mass is 16.6. The predicted molar refractivity (Wildman–Crippen MR) is 79.2 cm³/mol. The molecule has 0 unspecified atom stereocenters. The van der Waals surface area contributed by atoms with E-state index in [1.54, 1.807) is 4.90 Å². The van der Waals surface area contributed by atoms with Gasteiger partial charge in [0.1, 0.15) is 5.60 Å². The first-order chi connectivity index (χ1) is 10.4. The maximum absolute atomic E-state index is 12.1. The number of amides is 1. The Labute approximate surface area is 130 Å². The summed E-state index contributed by atoms with van der Waals surface area (Å²) < 4.78 is 11.1. The van der Waals surface area contributed by atoms with E-state index >= 15 is 0 Å². The van der Waals surface area contributed by atoms with Gasteiger partial charge in [0.05, 0.1) is 13.2 Å². The summed E-state index contributed by atoms with van der Waals surface area (Å²) in [4.78, 5) is 13.9. The normalized spacial score (nSPS) is 19.2. The highest BCUT2D eigenvalue weighted by Gasteiger charge is 2.27. The van der Waals surface area contributed by atoms with Crippen molar-refractivity contribution in [3.8, 4) is 0 Å². The Balaban J connectivity index is 1.68. The molecule has 0 aliphatic carbocycles. The fraction of sp³-hybridized carbons (Fsp3) is 0.857. The summed E-state index contributed by atoms with van der Waals surface area (Å²) in [5.74, 6) is 1.01. The quantitative estimate of drug-likeness (QED) is 0.826. The first kappa shape index (κ1) is 16.7. The number of ether oxygens (including phenoxy) is 2. The number of nitrogens with zero attached hydrogens (tertiary/aromatic N) is 4. The fourth-order valence-electron chi connectivity index (χ4n) is 2.40. The highest BCUT2D eigenvalue weighted by Crippen LogP contribution is 2.19. The summed E-state index contributed by atoms with van der Waals surface area (Å²) in [7, 11) is 0. The van der Waals surface area contributed by atoms with E-state index < -0.39 is 5.60 Å². The van der Waals surface area contributed by atoms with Crippen LogP contribution in [0.2, 0.25) is 0 Å². The standard InChI is InChI=1S/C14H25N5O3/c1-14(2,3)22-13(20)19-7-4-5-11(9-19)10-21-8-6-12-15-17-18-16-12/h11H,4-10H2,1-3H3,(H,15,16,17,18)/t11-/m0/s1. The minimum atomic E-state index is -0.453. The van der Waals surface area contributed by atoms with Crippen LogP contribution in [0.4, 0.5) is 4.79 Å². The number of rotatable bonds is 5.